The zero-order valence-electron chi connectivity index (χ0n) is 12.0. The molecule has 0 spiro atoms. The molecule has 5 heteroatoms. The quantitative estimate of drug-likeness (QED) is 0.689. The van der Waals surface area contributed by atoms with Crippen molar-refractivity contribution in [3.63, 3.8) is 0 Å². The first-order valence-electron chi connectivity index (χ1n) is 7.07. The highest BCUT2D eigenvalue weighted by atomic mass is 35.5. The van der Waals surface area contributed by atoms with Crippen LogP contribution in [0.2, 0.25) is 5.02 Å². The van der Waals surface area contributed by atoms with Crippen molar-refractivity contribution in [3.8, 4) is 0 Å². The van der Waals surface area contributed by atoms with Gasteiger partial charge < -0.3 is 9.52 Å². The van der Waals surface area contributed by atoms with Gasteiger partial charge >= 0.3 is 5.97 Å². The molecule has 0 bridgehead atoms. The molecular weight excluding hydrogens is 302 g/mol. The summed E-state index contributed by atoms with van der Waals surface area (Å²) in [6.07, 6.45) is 5.30. The Bertz CT molecular complexity index is 776. The first-order chi connectivity index (χ1) is 10.6. The number of hydrogen-bond acceptors (Lipinski definition) is 3. The van der Waals surface area contributed by atoms with Crippen molar-refractivity contribution in [2.45, 2.75) is 13.0 Å². The van der Waals surface area contributed by atoms with Crippen LogP contribution in [-0.4, -0.2) is 29.1 Å². The average molecular weight is 318 g/mol. The second-order valence-electron chi connectivity index (χ2n) is 5.29. The topological polar surface area (TPSA) is 53.7 Å². The summed E-state index contributed by atoms with van der Waals surface area (Å²) in [6.45, 7) is 6.11. The number of carboxylic acid groups (broad SMARTS) is 1. The predicted octanol–water partition coefficient (Wildman–Crippen LogP) is 3.73. The number of rotatable bonds is 4. The summed E-state index contributed by atoms with van der Waals surface area (Å²) in [4.78, 5) is 13.0. The molecule has 1 aliphatic heterocycles. The van der Waals surface area contributed by atoms with Gasteiger partial charge in [-0.25, -0.2) is 4.79 Å². The summed E-state index contributed by atoms with van der Waals surface area (Å²) in [5.74, 6) is -0.417. The summed E-state index contributed by atoms with van der Waals surface area (Å²) < 4.78 is 5.84. The molecule has 22 heavy (non-hydrogen) atoms. The fourth-order valence-electron chi connectivity index (χ4n) is 2.91. The predicted molar refractivity (Wildman–Crippen MR) is 87.1 cm³/mol. The Morgan fingerprint density at radius 1 is 1.45 bits per heavy atom. The highest BCUT2D eigenvalue weighted by Gasteiger charge is 2.23. The van der Waals surface area contributed by atoms with Crippen LogP contribution in [0.4, 0.5) is 0 Å². The third-order valence-electron chi connectivity index (χ3n) is 3.86. The molecule has 114 valence electrons. The minimum Gasteiger partial charge on any atom is -0.478 e. The number of furan rings is 1. The van der Waals surface area contributed by atoms with Gasteiger partial charge in [0, 0.05) is 41.7 Å². The molecule has 1 aliphatic rings. The molecule has 0 amide bonds. The Morgan fingerprint density at radius 2 is 2.27 bits per heavy atom. The second-order valence-corrected chi connectivity index (χ2v) is 5.70. The van der Waals surface area contributed by atoms with Gasteiger partial charge in [-0.3, -0.25) is 4.90 Å². The summed E-state index contributed by atoms with van der Waals surface area (Å²) in [6, 6.07) is 3.67. The van der Waals surface area contributed by atoms with Crippen LogP contribution < -0.4 is 0 Å². The number of carbonyl (C=O) groups is 1. The van der Waals surface area contributed by atoms with Gasteiger partial charge in [-0.15, -0.1) is 6.58 Å². The molecule has 0 radical (unpaired) electrons. The Balaban J connectivity index is 2.17. The van der Waals surface area contributed by atoms with Crippen molar-refractivity contribution in [1.29, 1.82) is 0 Å². The second kappa shape index (κ2) is 5.99. The monoisotopic (exact) mass is 317 g/mol. The van der Waals surface area contributed by atoms with Gasteiger partial charge in [0.05, 0.1) is 0 Å². The van der Waals surface area contributed by atoms with Crippen LogP contribution in [0.25, 0.3) is 17.0 Å². The highest BCUT2D eigenvalue weighted by molar-refractivity contribution is 6.32. The first kappa shape index (κ1) is 14.9. The maximum Gasteiger partial charge on any atom is 0.328 e. The summed E-state index contributed by atoms with van der Waals surface area (Å²) in [5.41, 5.74) is 2.81. The van der Waals surface area contributed by atoms with Crippen molar-refractivity contribution < 1.29 is 14.3 Å². The number of nitrogens with zero attached hydrogens (tertiary/aromatic N) is 1. The largest absolute Gasteiger partial charge is 0.478 e. The number of halogens is 1. The van der Waals surface area contributed by atoms with Gasteiger partial charge in [0.15, 0.2) is 0 Å². The van der Waals surface area contributed by atoms with Crippen LogP contribution in [-0.2, 0) is 17.8 Å². The van der Waals surface area contributed by atoms with Gasteiger partial charge in [-0.1, -0.05) is 17.7 Å². The van der Waals surface area contributed by atoms with E-state index in [1.54, 1.807) is 0 Å². The van der Waals surface area contributed by atoms with Gasteiger partial charge in [0.1, 0.15) is 11.3 Å². The summed E-state index contributed by atoms with van der Waals surface area (Å²) >= 11 is 6.35. The standard InChI is InChI=1S/C17H16ClNO3/c1-2-8-19-9-7-11-13(18)3-4-15-17(11)12(10-19)14(22-15)5-6-16(20)21/h2-6H,1,7-10H2,(H,20,21). The van der Waals surface area contributed by atoms with E-state index in [2.05, 4.69) is 11.5 Å². The molecule has 0 fully saturated rings. The van der Waals surface area contributed by atoms with Crippen molar-refractivity contribution >= 4 is 34.6 Å². The van der Waals surface area contributed by atoms with E-state index in [1.165, 1.54) is 6.08 Å². The molecule has 1 aromatic carbocycles. The van der Waals surface area contributed by atoms with Gasteiger partial charge in [-0.05, 0) is 30.2 Å². The summed E-state index contributed by atoms with van der Waals surface area (Å²) in [5, 5.41) is 10.6. The molecule has 2 aromatic rings. The highest BCUT2D eigenvalue weighted by Crippen LogP contribution is 2.36. The minimum atomic E-state index is -0.998. The lowest BCUT2D eigenvalue weighted by atomic mass is 10.0. The zero-order valence-corrected chi connectivity index (χ0v) is 12.8. The molecule has 0 unspecified atom stereocenters. The Hall–Kier alpha value is -2.04. The lowest BCUT2D eigenvalue weighted by Crippen LogP contribution is -2.24. The average Bonchev–Trinajstić information content (AvgIpc) is 2.69. The molecule has 0 atom stereocenters. The molecule has 2 heterocycles. The zero-order chi connectivity index (χ0) is 15.7. The van der Waals surface area contributed by atoms with E-state index in [1.807, 2.05) is 18.2 Å². The Labute approximate surface area is 133 Å². The van der Waals surface area contributed by atoms with Crippen molar-refractivity contribution in [1.82, 2.24) is 4.90 Å². The molecular formula is C17H16ClNO3. The van der Waals surface area contributed by atoms with Crippen LogP contribution in [0.1, 0.15) is 16.9 Å². The van der Waals surface area contributed by atoms with Crippen LogP contribution in [0.15, 0.2) is 35.3 Å². The van der Waals surface area contributed by atoms with Gasteiger partial charge in [0.2, 0.25) is 0 Å². The van der Waals surface area contributed by atoms with Crippen LogP contribution >= 0.6 is 11.6 Å². The lowest BCUT2D eigenvalue weighted by Gasteiger charge is -2.17. The SMILES string of the molecule is C=CCN1CCc2c(Cl)ccc3oc(C=CC(=O)O)c(c23)C1. The Morgan fingerprint density at radius 3 is 3.00 bits per heavy atom. The van der Waals surface area contributed by atoms with Gasteiger partial charge in [-0.2, -0.15) is 0 Å². The van der Waals surface area contributed by atoms with E-state index in [0.29, 0.717) is 12.3 Å². The maximum atomic E-state index is 10.8. The molecule has 3 rings (SSSR count). The fourth-order valence-corrected chi connectivity index (χ4v) is 3.17. The Kier molecular flexibility index (Phi) is 4.05. The summed E-state index contributed by atoms with van der Waals surface area (Å²) in [7, 11) is 0. The molecule has 1 aromatic heterocycles. The first-order valence-corrected chi connectivity index (χ1v) is 7.45. The van der Waals surface area contributed by atoms with Crippen LogP contribution in [0, 0.1) is 0 Å². The number of aliphatic carboxylic acids is 1. The van der Waals surface area contributed by atoms with Crippen LogP contribution in [0.5, 0.6) is 0 Å². The van der Waals surface area contributed by atoms with E-state index in [9.17, 15) is 4.79 Å². The van der Waals surface area contributed by atoms with E-state index < -0.39 is 5.97 Å². The number of carboxylic acids is 1. The van der Waals surface area contributed by atoms with Crippen molar-refractivity contribution in [2.75, 3.05) is 13.1 Å². The van der Waals surface area contributed by atoms with E-state index in [-0.39, 0.29) is 0 Å². The van der Waals surface area contributed by atoms with Crippen molar-refractivity contribution in [2.24, 2.45) is 0 Å². The molecule has 1 N–H and O–H groups in total. The van der Waals surface area contributed by atoms with E-state index in [4.69, 9.17) is 21.1 Å². The third kappa shape index (κ3) is 2.67. The lowest BCUT2D eigenvalue weighted by molar-refractivity contribution is -0.131. The molecule has 0 aliphatic carbocycles. The van der Waals surface area contributed by atoms with E-state index >= 15 is 0 Å². The third-order valence-corrected chi connectivity index (χ3v) is 4.22. The van der Waals surface area contributed by atoms with Crippen LogP contribution in [0.3, 0.4) is 0 Å². The maximum absolute atomic E-state index is 10.8. The minimum absolute atomic E-state index is 0.580. The fraction of sp³-hybridized carbons (Fsp3) is 0.235. The van der Waals surface area contributed by atoms with E-state index in [0.717, 1.165) is 52.7 Å². The number of hydrogen-bond donors (Lipinski definition) is 1. The smallest absolute Gasteiger partial charge is 0.328 e. The normalized spacial score (nSPS) is 15.3. The van der Waals surface area contributed by atoms with Gasteiger partial charge in [0.25, 0.3) is 0 Å². The number of benzene rings is 1. The molecule has 0 saturated heterocycles. The molecule has 0 saturated carbocycles. The van der Waals surface area contributed by atoms with Crippen molar-refractivity contribution in [3.05, 3.63) is 52.8 Å². The molecule has 4 nitrogen and oxygen atoms in total.